The van der Waals surface area contributed by atoms with Gasteiger partial charge in [-0.15, -0.1) is 0 Å². The molecule has 2 aromatic rings. The molecule has 0 aromatic heterocycles. The average Bonchev–Trinajstić information content (AvgIpc) is 2.73. The van der Waals surface area contributed by atoms with Gasteiger partial charge in [0.2, 0.25) is 0 Å². The summed E-state index contributed by atoms with van der Waals surface area (Å²) in [5.74, 6) is 0.303. The van der Waals surface area contributed by atoms with Crippen molar-refractivity contribution in [2.75, 3.05) is 25.5 Å². The summed E-state index contributed by atoms with van der Waals surface area (Å²) in [4.78, 5) is 27.0. The van der Waals surface area contributed by atoms with Crippen molar-refractivity contribution in [2.45, 2.75) is 38.3 Å². The average molecular weight is 411 g/mol. The molecule has 158 valence electrons. The van der Waals surface area contributed by atoms with Crippen molar-refractivity contribution in [1.82, 2.24) is 10.2 Å². The van der Waals surface area contributed by atoms with Crippen LogP contribution in [0.1, 0.15) is 40.7 Å². The van der Waals surface area contributed by atoms with Crippen molar-refractivity contribution in [1.29, 1.82) is 0 Å². The number of hydrogen-bond acceptors (Lipinski definition) is 4. The lowest BCUT2D eigenvalue weighted by Gasteiger charge is -2.45. The number of carbonyl (C=O) groups excluding carboxylic acids is 2. The molecule has 0 unspecified atom stereocenters. The lowest BCUT2D eigenvalue weighted by atomic mass is 9.78. The van der Waals surface area contributed by atoms with Gasteiger partial charge in [0.25, 0.3) is 0 Å². The summed E-state index contributed by atoms with van der Waals surface area (Å²) in [6.07, 6.45) is 1.65. The van der Waals surface area contributed by atoms with Gasteiger partial charge >= 0.3 is 6.03 Å². The molecule has 2 aliphatic heterocycles. The van der Waals surface area contributed by atoms with Gasteiger partial charge in [0.15, 0.2) is 5.78 Å². The molecule has 0 bridgehead atoms. The second-order valence-corrected chi connectivity index (χ2v) is 8.16. The molecule has 2 aromatic carbocycles. The molecule has 30 heavy (non-hydrogen) atoms. The number of amides is 2. The highest BCUT2D eigenvalue weighted by atomic mass is 19.1. The van der Waals surface area contributed by atoms with Gasteiger partial charge in [0.05, 0.1) is 7.11 Å². The Bertz CT molecular complexity index is 984. The third-order valence-electron chi connectivity index (χ3n) is 6.06. The molecule has 0 radical (unpaired) electrons. The Labute approximate surface area is 175 Å². The Balaban J connectivity index is 1.36. The van der Waals surface area contributed by atoms with Crippen molar-refractivity contribution in [3.63, 3.8) is 0 Å². The van der Waals surface area contributed by atoms with Crippen molar-refractivity contribution >= 4 is 17.5 Å². The number of nitrogens with zero attached hydrogens (tertiary/aromatic N) is 1. The second kappa shape index (κ2) is 7.97. The van der Waals surface area contributed by atoms with Crippen LogP contribution in [0.5, 0.6) is 5.75 Å². The standard InChI is InChI=1S/C23H26FN3O3/c1-15-3-4-16(21(11-15)30-2)14-25-22(29)27-9-7-23(8-10-27)13-20(28)18-12-17(24)5-6-19(18)26-23/h3-6,11-12,26H,7-10,13-14H2,1-2H3,(H,25,29). The summed E-state index contributed by atoms with van der Waals surface area (Å²) in [6.45, 7) is 3.48. The Morgan fingerprint density at radius 1 is 1.23 bits per heavy atom. The van der Waals surface area contributed by atoms with Gasteiger partial charge in [0, 0.05) is 48.4 Å². The maximum atomic E-state index is 13.5. The van der Waals surface area contributed by atoms with E-state index in [1.807, 2.05) is 25.1 Å². The molecule has 1 fully saturated rings. The Morgan fingerprint density at radius 2 is 2.00 bits per heavy atom. The van der Waals surface area contributed by atoms with Gasteiger partial charge in [-0.25, -0.2) is 9.18 Å². The molecule has 2 aliphatic rings. The van der Waals surface area contributed by atoms with E-state index >= 15 is 0 Å². The number of benzene rings is 2. The number of carbonyl (C=O) groups is 2. The fourth-order valence-electron chi connectivity index (χ4n) is 4.31. The van der Waals surface area contributed by atoms with Crippen LogP contribution >= 0.6 is 0 Å². The van der Waals surface area contributed by atoms with Crippen LogP contribution in [0.2, 0.25) is 0 Å². The topological polar surface area (TPSA) is 70.7 Å². The third kappa shape index (κ3) is 3.97. The number of urea groups is 1. The number of aryl methyl sites for hydroxylation is 1. The Morgan fingerprint density at radius 3 is 2.73 bits per heavy atom. The number of likely N-dealkylation sites (tertiary alicyclic amines) is 1. The van der Waals surface area contributed by atoms with Crippen LogP contribution < -0.4 is 15.4 Å². The Hall–Kier alpha value is -3.09. The lowest BCUT2D eigenvalue weighted by Crippen LogP contribution is -2.55. The van der Waals surface area contributed by atoms with Crippen LogP contribution in [0.25, 0.3) is 0 Å². The normalized spacial score (nSPS) is 17.3. The van der Waals surface area contributed by atoms with E-state index in [2.05, 4.69) is 10.6 Å². The summed E-state index contributed by atoms with van der Waals surface area (Å²) >= 11 is 0. The van der Waals surface area contributed by atoms with Crippen LogP contribution in [-0.2, 0) is 6.54 Å². The van der Waals surface area contributed by atoms with E-state index in [-0.39, 0.29) is 17.4 Å². The number of rotatable bonds is 3. The van der Waals surface area contributed by atoms with Crippen molar-refractivity contribution in [3.8, 4) is 5.75 Å². The number of Topliss-reactive ketones (excluding diaryl/α,β-unsaturated/α-hetero) is 1. The zero-order valence-corrected chi connectivity index (χ0v) is 17.3. The second-order valence-electron chi connectivity index (χ2n) is 8.16. The fraction of sp³-hybridized carbons (Fsp3) is 0.391. The molecule has 7 heteroatoms. The summed E-state index contributed by atoms with van der Waals surface area (Å²) in [6, 6.07) is 10.0. The van der Waals surface area contributed by atoms with E-state index in [9.17, 15) is 14.0 Å². The van der Waals surface area contributed by atoms with E-state index in [0.29, 0.717) is 50.1 Å². The minimum atomic E-state index is -0.406. The largest absolute Gasteiger partial charge is 0.496 e. The van der Waals surface area contributed by atoms with Crippen LogP contribution in [0, 0.1) is 12.7 Å². The quantitative estimate of drug-likeness (QED) is 0.804. The third-order valence-corrected chi connectivity index (χ3v) is 6.06. The highest BCUT2D eigenvalue weighted by Gasteiger charge is 2.41. The van der Waals surface area contributed by atoms with Crippen LogP contribution in [0.3, 0.4) is 0 Å². The summed E-state index contributed by atoms with van der Waals surface area (Å²) < 4.78 is 18.9. The van der Waals surface area contributed by atoms with Gasteiger partial charge < -0.3 is 20.3 Å². The molecule has 0 aliphatic carbocycles. The van der Waals surface area contributed by atoms with Crippen LogP contribution in [0.4, 0.5) is 14.9 Å². The molecule has 4 rings (SSSR count). The molecule has 2 amide bonds. The molecule has 6 nitrogen and oxygen atoms in total. The maximum absolute atomic E-state index is 13.5. The zero-order valence-electron chi connectivity index (χ0n) is 17.3. The minimum absolute atomic E-state index is 0.0485. The number of piperidine rings is 1. The minimum Gasteiger partial charge on any atom is -0.496 e. The smallest absolute Gasteiger partial charge is 0.317 e. The van der Waals surface area contributed by atoms with Gasteiger partial charge in [-0.3, -0.25) is 4.79 Å². The molecule has 0 atom stereocenters. The molecule has 2 N–H and O–H groups in total. The molecular weight excluding hydrogens is 385 g/mol. The number of ketones is 1. The zero-order chi connectivity index (χ0) is 21.3. The van der Waals surface area contributed by atoms with Gasteiger partial charge in [-0.2, -0.15) is 0 Å². The van der Waals surface area contributed by atoms with Crippen LogP contribution in [0.15, 0.2) is 36.4 Å². The monoisotopic (exact) mass is 411 g/mol. The van der Waals surface area contributed by atoms with Crippen molar-refractivity contribution in [3.05, 3.63) is 58.9 Å². The summed E-state index contributed by atoms with van der Waals surface area (Å²) in [5, 5.41) is 6.41. The van der Waals surface area contributed by atoms with Gasteiger partial charge in [-0.05, 0) is 49.6 Å². The molecule has 0 saturated carbocycles. The number of fused-ring (bicyclic) bond motifs is 1. The van der Waals surface area contributed by atoms with Crippen LogP contribution in [-0.4, -0.2) is 42.5 Å². The molecular formula is C23H26FN3O3. The van der Waals surface area contributed by atoms with Gasteiger partial charge in [-0.1, -0.05) is 12.1 Å². The van der Waals surface area contributed by atoms with Crippen molar-refractivity contribution in [2.24, 2.45) is 0 Å². The molecule has 1 spiro atoms. The highest BCUT2D eigenvalue weighted by molar-refractivity contribution is 6.04. The number of ether oxygens (including phenoxy) is 1. The highest BCUT2D eigenvalue weighted by Crippen LogP contribution is 2.37. The first kappa shape index (κ1) is 20.2. The summed E-state index contributed by atoms with van der Waals surface area (Å²) in [5.41, 5.74) is 2.74. The Kier molecular flexibility index (Phi) is 5.37. The first-order valence-electron chi connectivity index (χ1n) is 10.2. The fourth-order valence-corrected chi connectivity index (χ4v) is 4.31. The number of nitrogens with one attached hydrogen (secondary N) is 2. The first-order chi connectivity index (χ1) is 14.4. The number of anilines is 1. The SMILES string of the molecule is COc1cc(C)ccc1CNC(=O)N1CCC2(CC1)CC(=O)c1cc(F)ccc1N2. The number of hydrogen-bond donors (Lipinski definition) is 2. The predicted molar refractivity (Wildman–Crippen MR) is 112 cm³/mol. The van der Waals surface area contributed by atoms with E-state index in [1.54, 1.807) is 18.1 Å². The van der Waals surface area contributed by atoms with Gasteiger partial charge in [0.1, 0.15) is 11.6 Å². The molecule has 1 saturated heterocycles. The summed E-state index contributed by atoms with van der Waals surface area (Å²) in [7, 11) is 1.62. The van der Waals surface area contributed by atoms with E-state index < -0.39 is 5.82 Å². The number of methoxy groups -OCH3 is 1. The van der Waals surface area contributed by atoms with Crippen molar-refractivity contribution < 1.29 is 18.7 Å². The maximum Gasteiger partial charge on any atom is 0.317 e. The predicted octanol–water partition coefficient (Wildman–Crippen LogP) is 3.89. The lowest BCUT2D eigenvalue weighted by molar-refractivity contribution is 0.0915. The molecule has 2 heterocycles. The van der Waals surface area contributed by atoms with E-state index in [4.69, 9.17) is 4.74 Å². The number of halogens is 1. The van der Waals surface area contributed by atoms with E-state index in [0.717, 1.165) is 16.9 Å². The van der Waals surface area contributed by atoms with E-state index in [1.165, 1.54) is 12.1 Å². The first-order valence-corrected chi connectivity index (χ1v) is 10.2.